The number of nitrogen functional groups attached to an aromatic ring is 1. The van der Waals surface area contributed by atoms with Gasteiger partial charge in [0.05, 0.1) is 4.92 Å². The summed E-state index contributed by atoms with van der Waals surface area (Å²) in [7, 11) is 0. The first kappa shape index (κ1) is 12.7. The molecule has 0 unspecified atom stereocenters. The van der Waals surface area contributed by atoms with Crippen molar-refractivity contribution in [2.45, 2.75) is 6.92 Å². The number of nitro groups is 1. The van der Waals surface area contributed by atoms with Crippen molar-refractivity contribution in [1.82, 2.24) is 9.97 Å². The summed E-state index contributed by atoms with van der Waals surface area (Å²) in [5.74, 6) is 5.36. The number of hydrazine groups is 1. The Morgan fingerprint density at radius 1 is 1.32 bits per heavy atom. The van der Waals surface area contributed by atoms with Crippen molar-refractivity contribution in [3.8, 4) is 0 Å². The third kappa shape index (κ3) is 2.93. The molecule has 98 valence electrons. The number of anilines is 3. The van der Waals surface area contributed by atoms with E-state index in [0.29, 0.717) is 5.69 Å². The van der Waals surface area contributed by atoms with Crippen molar-refractivity contribution in [1.29, 1.82) is 0 Å². The highest BCUT2D eigenvalue weighted by molar-refractivity contribution is 5.66. The highest BCUT2D eigenvalue weighted by Gasteiger charge is 2.17. The van der Waals surface area contributed by atoms with Crippen molar-refractivity contribution in [3.05, 3.63) is 46.1 Å². The molecule has 0 bridgehead atoms. The molecule has 0 atom stereocenters. The summed E-state index contributed by atoms with van der Waals surface area (Å²) >= 11 is 0. The standard InChI is InChI=1S/C11H12N6O2/c1-7-2-4-8(5-3-7)14-10-9(17(18)19)6-13-11(15-10)16-12/h2-6H,12H2,1H3,(H2,13,14,15,16). The summed E-state index contributed by atoms with van der Waals surface area (Å²) in [6, 6.07) is 7.38. The van der Waals surface area contributed by atoms with E-state index in [-0.39, 0.29) is 17.5 Å². The van der Waals surface area contributed by atoms with E-state index in [1.807, 2.05) is 19.1 Å². The fourth-order valence-corrected chi connectivity index (χ4v) is 1.44. The number of hydrogen-bond acceptors (Lipinski definition) is 7. The van der Waals surface area contributed by atoms with Crippen LogP contribution < -0.4 is 16.6 Å². The first-order valence-corrected chi connectivity index (χ1v) is 5.42. The number of aryl methyl sites for hydroxylation is 1. The van der Waals surface area contributed by atoms with Gasteiger partial charge in [-0.1, -0.05) is 17.7 Å². The number of nitrogens with zero attached hydrogens (tertiary/aromatic N) is 3. The summed E-state index contributed by atoms with van der Waals surface area (Å²) in [4.78, 5) is 18.0. The molecule has 1 heterocycles. The monoisotopic (exact) mass is 260 g/mol. The van der Waals surface area contributed by atoms with Crippen LogP contribution in [0.15, 0.2) is 30.5 Å². The Balaban J connectivity index is 2.36. The average molecular weight is 260 g/mol. The lowest BCUT2D eigenvalue weighted by molar-refractivity contribution is -0.384. The van der Waals surface area contributed by atoms with Crippen molar-refractivity contribution < 1.29 is 4.92 Å². The minimum atomic E-state index is -0.559. The van der Waals surface area contributed by atoms with Crippen LogP contribution in [-0.4, -0.2) is 14.9 Å². The lowest BCUT2D eigenvalue weighted by Gasteiger charge is -2.07. The van der Waals surface area contributed by atoms with E-state index in [1.54, 1.807) is 12.1 Å². The second-order valence-corrected chi connectivity index (χ2v) is 3.82. The third-order valence-corrected chi connectivity index (χ3v) is 2.41. The molecule has 0 saturated carbocycles. The Morgan fingerprint density at radius 2 is 2.00 bits per heavy atom. The Labute approximate surface area is 108 Å². The highest BCUT2D eigenvalue weighted by Crippen LogP contribution is 2.25. The molecule has 2 aromatic rings. The van der Waals surface area contributed by atoms with Crippen LogP contribution in [0.2, 0.25) is 0 Å². The molecule has 0 fully saturated rings. The van der Waals surface area contributed by atoms with Gasteiger partial charge in [0.2, 0.25) is 11.8 Å². The molecule has 2 rings (SSSR count). The Kier molecular flexibility index (Phi) is 3.53. The molecule has 0 spiro atoms. The number of aromatic nitrogens is 2. The molecular weight excluding hydrogens is 248 g/mol. The van der Waals surface area contributed by atoms with Gasteiger partial charge >= 0.3 is 5.69 Å². The molecule has 4 N–H and O–H groups in total. The number of benzene rings is 1. The SMILES string of the molecule is Cc1ccc(Nc2nc(NN)ncc2[N+](=O)[O-])cc1. The average Bonchev–Trinajstić information content (AvgIpc) is 2.41. The second kappa shape index (κ2) is 5.27. The molecule has 19 heavy (non-hydrogen) atoms. The fraction of sp³-hybridized carbons (Fsp3) is 0.0909. The van der Waals surface area contributed by atoms with Gasteiger partial charge in [-0.05, 0) is 19.1 Å². The van der Waals surface area contributed by atoms with Crippen LogP contribution in [0.25, 0.3) is 0 Å². The van der Waals surface area contributed by atoms with Crippen LogP contribution in [0.3, 0.4) is 0 Å². The number of hydrogen-bond donors (Lipinski definition) is 3. The highest BCUT2D eigenvalue weighted by atomic mass is 16.6. The van der Waals surface area contributed by atoms with Crippen molar-refractivity contribution in [2.24, 2.45) is 5.84 Å². The molecule has 0 aliphatic heterocycles. The summed E-state index contributed by atoms with van der Waals surface area (Å²) in [6.45, 7) is 1.95. The summed E-state index contributed by atoms with van der Waals surface area (Å²) < 4.78 is 0. The summed E-state index contributed by atoms with van der Waals surface area (Å²) in [5.41, 5.74) is 3.80. The Morgan fingerprint density at radius 3 is 2.58 bits per heavy atom. The Bertz CT molecular complexity index is 599. The molecule has 0 aliphatic carbocycles. The molecule has 8 heteroatoms. The van der Waals surface area contributed by atoms with Gasteiger partial charge in [0.25, 0.3) is 0 Å². The molecule has 0 aliphatic rings. The van der Waals surface area contributed by atoms with E-state index >= 15 is 0 Å². The molecule has 1 aromatic carbocycles. The van der Waals surface area contributed by atoms with Crippen molar-refractivity contribution in [2.75, 3.05) is 10.7 Å². The molecule has 0 amide bonds. The van der Waals surface area contributed by atoms with Gasteiger partial charge in [0.15, 0.2) is 0 Å². The van der Waals surface area contributed by atoms with E-state index in [1.165, 1.54) is 0 Å². The van der Waals surface area contributed by atoms with Crippen LogP contribution in [-0.2, 0) is 0 Å². The zero-order valence-electron chi connectivity index (χ0n) is 10.1. The minimum absolute atomic E-state index is 0.0804. The normalized spacial score (nSPS) is 10.0. The quantitative estimate of drug-likeness (QED) is 0.435. The summed E-state index contributed by atoms with van der Waals surface area (Å²) in [6.07, 6.45) is 1.10. The molecule has 0 saturated heterocycles. The maximum atomic E-state index is 10.9. The predicted octanol–water partition coefficient (Wildman–Crippen LogP) is 1.72. The van der Waals surface area contributed by atoms with Crippen LogP contribution in [0.5, 0.6) is 0 Å². The number of nitrogens with one attached hydrogen (secondary N) is 2. The maximum Gasteiger partial charge on any atom is 0.329 e. The smallest absolute Gasteiger partial charge is 0.329 e. The number of nitrogens with two attached hydrogens (primary N) is 1. The van der Waals surface area contributed by atoms with Gasteiger partial charge < -0.3 is 5.32 Å². The molecule has 0 radical (unpaired) electrons. The van der Waals surface area contributed by atoms with E-state index in [4.69, 9.17) is 5.84 Å². The zero-order valence-corrected chi connectivity index (χ0v) is 10.1. The van der Waals surface area contributed by atoms with Crippen LogP contribution >= 0.6 is 0 Å². The zero-order chi connectivity index (χ0) is 13.8. The van der Waals surface area contributed by atoms with Crippen molar-refractivity contribution >= 4 is 23.1 Å². The topological polar surface area (TPSA) is 119 Å². The largest absolute Gasteiger partial charge is 0.334 e. The lowest BCUT2D eigenvalue weighted by atomic mass is 10.2. The first-order chi connectivity index (χ1) is 9.10. The van der Waals surface area contributed by atoms with Crippen LogP contribution in [0.1, 0.15) is 5.56 Å². The second-order valence-electron chi connectivity index (χ2n) is 3.82. The van der Waals surface area contributed by atoms with Gasteiger partial charge in [0.1, 0.15) is 6.20 Å². The number of rotatable bonds is 4. The summed E-state index contributed by atoms with van der Waals surface area (Å²) in [5, 5.41) is 13.8. The van der Waals surface area contributed by atoms with Crippen molar-refractivity contribution in [3.63, 3.8) is 0 Å². The van der Waals surface area contributed by atoms with Gasteiger partial charge in [-0.15, -0.1) is 0 Å². The van der Waals surface area contributed by atoms with Gasteiger partial charge in [-0.2, -0.15) is 4.98 Å². The first-order valence-electron chi connectivity index (χ1n) is 5.42. The van der Waals surface area contributed by atoms with E-state index < -0.39 is 4.92 Å². The third-order valence-electron chi connectivity index (χ3n) is 2.41. The van der Waals surface area contributed by atoms with E-state index in [0.717, 1.165) is 11.8 Å². The van der Waals surface area contributed by atoms with Gasteiger partial charge in [-0.25, -0.2) is 10.8 Å². The molecule has 8 nitrogen and oxygen atoms in total. The lowest BCUT2D eigenvalue weighted by Crippen LogP contribution is -2.12. The van der Waals surface area contributed by atoms with Gasteiger partial charge in [-0.3, -0.25) is 15.5 Å². The van der Waals surface area contributed by atoms with E-state index in [9.17, 15) is 10.1 Å². The van der Waals surface area contributed by atoms with Crippen LogP contribution in [0, 0.1) is 17.0 Å². The Hall–Kier alpha value is -2.74. The molecular formula is C11H12N6O2. The predicted molar refractivity (Wildman–Crippen MR) is 71.0 cm³/mol. The fourth-order valence-electron chi connectivity index (χ4n) is 1.44. The minimum Gasteiger partial charge on any atom is -0.334 e. The van der Waals surface area contributed by atoms with Gasteiger partial charge in [0, 0.05) is 5.69 Å². The van der Waals surface area contributed by atoms with Crippen LogP contribution in [0.4, 0.5) is 23.1 Å². The van der Waals surface area contributed by atoms with E-state index in [2.05, 4.69) is 20.7 Å². The maximum absolute atomic E-state index is 10.9. The molecule has 1 aromatic heterocycles.